The normalized spacial score (nSPS) is 14.0. The van der Waals surface area contributed by atoms with Crippen LogP contribution in [0.25, 0.3) is 0 Å². The van der Waals surface area contributed by atoms with Crippen molar-refractivity contribution in [3.63, 3.8) is 0 Å². The van der Waals surface area contributed by atoms with Gasteiger partial charge in [-0.1, -0.05) is 0 Å². The number of hydrogen-bond acceptors (Lipinski definition) is 5. The fourth-order valence-corrected chi connectivity index (χ4v) is 1.69. The first-order valence-electron chi connectivity index (χ1n) is 4.86. The smallest absolute Gasteiger partial charge is 0.239 e. The number of rotatable bonds is 7. The molecule has 0 heterocycles. The van der Waals surface area contributed by atoms with Crippen LogP contribution in [0.5, 0.6) is 0 Å². The largest absolute Gasteiger partial charge is 0.387 e. The SMILES string of the molecule is CSCC(C)(O)CNC(=O)CNC(=O)CN. The maximum atomic E-state index is 11.2. The van der Waals surface area contributed by atoms with E-state index in [1.807, 2.05) is 6.26 Å². The van der Waals surface area contributed by atoms with Crippen LogP contribution in [0.2, 0.25) is 0 Å². The quantitative estimate of drug-likeness (QED) is 0.430. The Balaban J connectivity index is 3.76. The molecule has 0 saturated carbocycles. The highest BCUT2D eigenvalue weighted by Gasteiger charge is 2.20. The summed E-state index contributed by atoms with van der Waals surface area (Å²) in [7, 11) is 0. The molecule has 1 unspecified atom stereocenters. The van der Waals surface area contributed by atoms with E-state index in [2.05, 4.69) is 10.6 Å². The molecule has 0 aromatic heterocycles. The molecule has 0 saturated heterocycles. The lowest BCUT2D eigenvalue weighted by molar-refractivity contribution is -0.125. The lowest BCUT2D eigenvalue weighted by atomic mass is 10.1. The minimum Gasteiger partial charge on any atom is -0.387 e. The van der Waals surface area contributed by atoms with Crippen LogP contribution in [-0.2, 0) is 9.59 Å². The summed E-state index contributed by atoms with van der Waals surface area (Å²) < 4.78 is 0. The average molecular weight is 249 g/mol. The molecule has 1 atom stereocenters. The third kappa shape index (κ3) is 7.49. The highest BCUT2D eigenvalue weighted by molar-refractivity contribution is 7.98. The molecule has 0 spiro atoms. The summed E-state index contributed by atoms with van der Waals surface area (Å²) >= 11 is 1.49. The number of hydrogen-bond donors (Lipinski definition) is 4. The Hall–Kier alpha value is -0.790. The topological polar surface area (TPSA) is 104 Å². The second-order valence-electron chi connectivity index (χ2n) is 3.69. The van der Waals surface area contributed by atoms with Gasteiger partial charge in [0.2, 0.25) is 11.8 Å². The molecule has 0 rings (SSSR count). The first kappa shape index (κ1) is 15.2. The van der Waals surface area contributed by atoms with Crippen molar-refractivity contribution in [1.82, 2.24) is 10.6 Å². The molecule has 5 N–H and O–H groups in total. The van der Waals surface area contributed by atoms with E-state index in [9.17, 15) is 14.7 Å². The van der Waals surface area contributed by atoms with Crippen molar-refractivity contribution in [2.75, 3.05) is 31.6 Å². The van der Waals surface area contributed by atoms with Gasteiger partial charge < -0.3 is 21.5 Å². The van der Waals surface area contributed by atoms with Crippen molar-refractivity contribution in [1.29, 1.82) is 0 Å². The van der Waals surface area contributed by atoms with Crippen LogP contribution in [0.1, 0.15) is 6.92 Å². The zero-order valence-electron chi connectivity index (χ0n) is 9.58. The van der Waals surface area contributed by atoms with Crippen molar-refractivity contribution in [2.45, 2.75) is 12.5 Å². The number of amides is 2. The van der Waals surface area contributed by atoms with Crippen LogP contribution >= 0.6 is 11.8 Å². The Bertz CT molecular complexity index is 246. The van der Waals surface area contributed by atoms with E-state index in [1.54, 1.807) is 6.92 Å². The van der Waals surface area contributed by atoms with Gasteiger partial charge in [-0.2, -0.15) is 11.8 Å². The molecule has 0 aromatic rings. The molecule has 0 radical (unpaired) electrons. The summed E-state index contributed by atoms with van der Waals surface area (Å²) in [4.78, 5) is 22.0. The van der Waals surface area contributed by atoms with Gasteiger partial charge in [-0.05, 0) is 13.2 Å². The van der Waals surface area contributed by atoms with E-state index in [-0.39, 0.29) is 31.4 Å². The van der Waals surface area contributed by atoms with E-state index >= 15 is 0 Å². The van der Waals surface area contributed by atoms with Gasteiger partial charge >= 0.3 is 0 Å². The summed E-state index contributed by atoms with van der Waals surface area (Å²) in [5, 5.41) is 14.6. The Morgan fingerprint density at radius 3 is 2.50 bits per heavy atom. The zero-order chi connectivity index (χ0) is 12.6. The molecule has 0 fully saturated rings. The third-order valence-corrected chi connectivity index (χ3v) is 2.66. The van der Waals surface area contributed by atoms with Crippen LogP contribution in [0.4, 0.5) is 0 Å². The molecule has 0 aliphatic rings. The summed E-state index contributed by atoms with van der Waals surface area (Å²) in [6.07, 6.45) is 1.87. The Kier molecular flexibility index (Phi) is 7.11. The van der Waals surface area contributed by atoms with E-state index in [4.69, 9.17) is 5.73 Å². The monoisotopic (exact) mass is 249 g/mol. The Labute approximate surface area is 99.3 Å². The van der Waals surface area contributed by atoms with Crippen LogP contribution in [-0.4, -0.2) is 54.2 Å². The second-order valence-corrected chi connectivity index (χ2v) is 4.55. The van der Waals surface area contributed by atoms with Crippen LogP contribution in [0.3, 0.4) is 0 Å². The van der Waals surface area contributed by atoms with Crippen molar-refractivity contribution in [2.24, 2.45) is 5.73 Å². The van der Waals surface area contributed by atoms with Crippen LogP contribution in [0.15, 0.2) is 0 Å². The number of nitrogens with two attached hydrogens (primary N) is 1. The maximum absolute atomic E-state index is 11.2. The van der Waals surface area contributed by atoms with Gasteiger partial charge in [0, 0.05) is 12.3 Å². The van der Waals surface area contributed by atoms with Gasteiger partial charge in [-0.3, -0.25) is 9.59 Å². The highest BCUT2D eigenvalue weighted by atomic mass is 32.2. The standard InChI is InChI=1S/C9H19N3O3S/c1-9(15,6-16-2)5-12-8(14)4-11-7(13)3-10/h15H,3-6,10H2,1-2H3,(H,11,13)(H,12,14). The molecular formula is C9H19N3O3S. The van der Waals surface area contributed by atoms with E-state index in [1.165, 1.54) is 11.8 Å². The van der Waals surface area contributed by atoms with Crippen LogP contribution < -0.4 is 16.4 Å². The molecule has 6 nitrogen and oxygen atoms in total. The van der Waals surface area contributed by atoms with E-state index in [0.717, 1.165) is 0 Å². The lowest BCUT2D eigenvalue weighted by Gasteiger charge is -2.22. The number of thioether (sulfide) groups is 1. The summed E-state index contributed by atoms with van der Waals surface area (Å²) in [5.74, 6) is -0.197. The number of carbonyl (C=O) groups excluding carboxylic acids is 2. The van der Waals surface area contributed by atoms with Gasteiger partial charge in [-0.25, -0.2) is 0 Å². The Morgan fingerprint density at radius 1 is 1.38 bits per heavy atom. The lowest BCUT2D eigenvalue weighted by Crippen LogP contribution is -2.46. The number of nitrogens with one attached hydrogen (secondary N) is 2. The minimum atomic E-state index is -0.938. The number of carbonyl (C=O) groups is 2. The zero-order valence-corrected chi connectivity index (χ0v) is 10.4. The summed E-state index contributed by atoms with van der Waals surface area (Å²) in [5.41, 5.74) is 4.12. The van der Waals surface area contributed by atoms with Gasteiger partial charge in [0.1, 0.15) is 0 Å². The molecular weight excluding hydrogens is 230 g/mol. The molecule has 0 aliphatic carbocycles. The fourth-order valence-electron chi connectivity index (χ4n) is 0.965. The summed E-state index contributed by atoms with van der Waals surface area (Å²) in [6.45, 7) is 1.54. The van der Waals surface area contributed by atoms with Gasteiger partial charge in [0.15, 0.2) is 0 Å². The summed E-state index contributed by atoms with van der Waals surface area (Å²) in [6, 6.07) is 0. The number of aliphatic hydroxyl groups is 1. The maximum Gasteiger partial charge on any atom is 0.239 e. The van der Waals surface area contributed by atoms with Crippen molar-refractivity contribution in [3.8, 4) is 0 Å². The first-order valence-corrected chi connectivity index (χ1v) is 6.25. The molecule has 16 heavy (non-hydrogen) atoms. The van der Waals surface area contributed by atoms with Crippen molar-refractivity contribution >= 4 is 23.6 Å². The molecule has 7 heteroatoms. The van der Waals surface area contributed by atoms with Gasteiger partial charge in [0.05, 0.1) is 18.7 Å². The first-order chi connectivity index (χ1) is 7.41. The average Bonchev–Trinajstić information content (AvgIpc) is 2.23. The van der Waals surface area contributed by atoms with Crippen molar-refractivity contribution < 1.29 is 14.7 Å². The molecule has 0 aliphatic heterocycles. The molecule has 2 amide bonds. The van der Waals surface area contributed by atoms with Gasteiger partial charge in [-0.15, -0.1) is 0 Å². The van der Waals surface area contributed by atoms with Crippen molar-refractivity contribution in [3.05, 3.63) is 0 Å². The third-order valence-electron chi connectivity index (χ3n) is 1.75. The molecule has 0 bridgehead atoms. The van der Waals surface area contributed by atoms with E-state index < -0.39 is 5.60 Å². The fraction of sp³-hybridized carbons (Fsp3) is 0.778. The molecule has 94 valence electrons. The second kappa shape index (κ2) is 7.48. The predicted octanol–water partition coefficient (Wildman–Crippen LogP) is -1.71. The minimum absolute atomic E-state index is 0.120. The van der Waals surface area contributed by atoms with Gasteiger partial charge in [0.25, 0.3) is 0 Å². The van der Waals surface area contributed by atoms with Crippen LogP contribution in [0, 0.1) is 0 Å². The molecule has 0 aromatic carbocycles. The Morgan fingerprint density at radius 2 is 2.00 bits per heavy atom. The highest BCUT2D eigenvalue weighted by Crippen LogP contribution is 2.08. The van der Waals surface area contributed by atoms with E-state index in [0.29, 0.717) is 5.75 Å². The predicted molar refractivity (Wildman–Crippen MR) is 64.1 cm³/mol.